The molecule has 4 aromatic rings. The molecule has 1 heterocycles. The van der Waals surface area contributed by atoms with E-state index in [9.17, 15) is 44.1 Å². The van der Waals surface area contributed by atoms with Crippen LogP contribution in [0.15, 0.2) is 103 Å². The third-order valence-corrected chi connectivity index (χ3v) is 8.39. The molecule has 0 radical (unpaired) electrons. The van der Waals surface area contributed by atoms with Crippen molar-refractivity contribution < 1.29 is 48.8 Å². The number of ketones is 2. The molecule has 0 aromatic heterocycles. The van der Waals surface area contributed by atoms with E-state index in [1.807, 2.05) is 42.2 Å². The summed E-state index contributed by atoms with van der Waals surface area (Å²) in [5.41, 5.74) is 6.89. The zero-order valence-electron chi connectivity index (χ0n) is 27.5. The van der Waals surface area contributed by atoms with Crippen molar-refractivity contribution in [2.24, 2.45) is 11.7 Å². The molecular weight excluding hydrogens is 644 g/mol. The van der Waals surface area contributed by atoms with E-state index in [0.29, 0.717) is 5.56 Å². The maximum absolute atomic E-state index is 12.5. The Labute approximate surface area is 287 Å². The lowest BCUT2D eigenvalue weighted by Gasteiger charge is -2.37. The average Bonchev–Trinajstić information content (AvgIpc) is 3.11. The quantitative estimate of drug-likeness (QED) is 0.110. The maximum atomic E-state index is 12.5. The van der Waals surface area contributed by atoms with Gasteiger partial charge in [0.1, 0.15) is 0 Å². The summed E-state index contributed by atoms with van der Waals surface area (Å²) in [6.45, 7) is 3.60. The number of aliphatic hydroxyl groups is 1. The van der Waals surface area contributed by atoms with E-state index < -0.39 is 35.0 Å². The number of carboxylic acid groups (broad SMARTS) is 2. The first-order valence-electron chi connectivity index (χ1n) is 15.5. The first-order valence-corrected chi connectivity index (χ1v) is 15.5. The van der Waals surface area contributed by atoms with Crippen molar-refractivity contribution in [3.05, 3.63) is 125 Å². The standard InChI is InChI=1S/C20H22N2O3.C18H14O7/c1-12-10-18(21)17-11-16(8-9-19(17)22(12)13(2)23)14-4-6-15(7-5-14)20(24)25-3;19-14(11-7-3-1-4-8-11)13(16(21)22)18(25,17(23)24)15(20)12-9-5-2-6-10-12/h4-9,11-12,18H,10,21H2,1-3H3;1-10,13,25H,(H,21,22)(H,23,24)/t;13-,18-/m.0/s1. The molecule has 4 aromatic carbocycles. The van der Waals surface area contributed by atoms with Crippen molar-refractivity contribution in [2.45, 2.75) is 38.0 Å². The Hall–Kier alpha value is -5.98. The van der Waals surface area contributed by atoms with E-state index in [0.717, 1.165) is 28.8 Å². The molecule has 5 N–H and O–H groups in total. The second kappa shape index (κ2) is 15.5. The Balaban J connectivity index is 0.000000225. The number of amides is 1. The summed E-state index contributed by atoms with van der Waals surface area (Å²) in [7, 11) is 1.36. The highest BCUT2D eigenvalue weighted by atomic mass is 16.5. The summed E-state index contributed by atoms with van der Waals surface area (Å²) in [6.07, 6.45) is 0.733. The van der Waals surface area contributed by atoms with Crippen molar-refractivity contribution in [3.63, 3.8) is 0 Å². The van der Waals surface area contributed by atoms with Crippen LogP contribution in [0, 0.1) is 5.92 Å². The Morgan fingerprint density at radius 1 is 0.800 bits per heavy atom. The minimum atomic E-state index is -3.44. The molecule has 1 aliphatic rings. The maximum Gasteiger partial charge on any atom is 0.345 e. The van der Waals surface area contributed by atoms with Gasteiger partial charge in [-0.15, -0.1) is 0 Å². The smallest absolute Gasteiger partial charge is 0.345 e. The molecule has 5 rings (SSSR count). The fourth-order valence-corrected chi connectivity index (χ4v) is 5.90. The lowest BCUT2D eigenvalue weighted by atomic mass is 9.77. The molecule has 1 aliphatic heterocycles. The van der Waals surface area contributed by atoms with Crippen LogP contribution in [0.5, 0.6) is 0 Å². The van der Waals surface area contributed by atoms with Crippen molar-refractivity contribution in [2.75, 3.05) is 12.0 Å². The molecule has 258 valence electrons. The van der Waals surface area contributed by atoms with Gasteiger partial charge in [0, 0.05) is 35.8 Å². The van der Waals surface area contributed by atoms with E-state index in [2.05, 4.69) is 0 Å². The molecule has 0 aliphatic carbocycles. The Bertz CT molecular complexity index is 1910. The predicted octanol–water partition coefficient (Wildman–Crippen LogP) is 4.55. The highest BCUT2D eigenvalue weighted by Gasteiger charge is 2.58. The van der Waals surface area contributed by atoms with Gasteiger partial charge in [0.2, 0.25) is 17.3 Å². The third kappa shape index (κ3) is 7.51. The summed E-state index contributed by atoms with van der Waals surface area (Å²) in [6, 6.07) is 27.1. The van der Waals surface area contributed by atoms with Crippen LogP contribution in [0.4, 0.5) is 5.69 Å². The number of ether oxygens (including phenoxy) is 1. The zero-order valence-corrected chi connectivity index (χ0v) is 27.5. The van der Waals surface area contributed by atoms with Crippen LogP contribution in [0.1, 0.15) is 62.9 Å². The van der Waals surface area contributed by atoms with Gasteiger partial charge in [0.25, 0.3) is 0 Å². The third-order valence-electron chi connectivity index (χ3n) is 8.39. The molecule has 0 saturated carbocycles. The molecule has 0 saturated heterocycles. The lowest BCUT2D eigenvalue weighted by Crippen LogP contribution is -2.58. The first-order chi connectivity index (χ1) is 23.7. The number of hydrogen-bond donors (Lipinski definition) is 4. The topological polar surface area (TPSA) is 202 Å². The Morgan fingerprint density at radius 3 is 1.84 bits per heavy atom. The van der Waals surface area contributed by atoms with Crippen LogP contribution in [-0.4, -0.2) is 69.5 Å². The SMILES string of the molecule is COC(=O)c1ccc(-c2ccc3c(c2)C(N)CC(C)N3C(C)=O)cc1.O=C(O)[C@H](C(=O)c1ccccc1)[C@@](O)(C(=O)O)C(=O)c1ccccc1. The molecule has 4 atom stereocenters. The summed E-state index contributed by atoms with van der Waals surface area (Å²) in [5.74, 6) is -9.42. The number of methoxy groups -OCH3 is 1. The number of carbonyl (C=O) groups is 6. The molecule has 1 amide bonds. The summed E-state index contributed by atoms with van der Waals surface area (Å²) in [5, 5.41) is 29.3. The van der Waals surface area contributed by atoms with Crippen LogP contribution in [0.25, 0.3) is 11.1 Å². The van der Waals surface area contributed by atoms with E-state index in [4.69, 9.17) is 10.5 Å². The van der Waals surface area contributed by atoms with Crippen molar-refractivity contribution in [1.82, 2.24) is 0 Å². The van der Waals surface area contributed by atoms with Crippen molar-refractivity contribution in [3.8, 4) is 11.1 Å². The fraction of sp³-hybridized carbons (Fsp3) is 0.211. The van der Waals surface area contributed by atoms with E-state index in [-0.39, 0.29) is 35.1 Å². The Morgan fingerprint density at radius 2 is 1.34 bits per heavy atom. The van der Waals surface area contributed by atoms with Crippen LogP contribution in [0.2, 0.25) is 0 Å². The average molecular weight is 681 g/mol. The monoisotopic (exact) mass is 680 g/mol. The van der Waals surface area contributed by atoms with Gasteiger partial charge in [0.15, 0.2) is 11.7 Å². The molecule has 0 fully saturated rings. The van der Waals surface area contributed by atoms with Gasteiger partial charge >= 0.3 is 17.9 Å². The lowest BCUT2D eigenvalue weighted by molar-refractivity contribution is -0.164. The number of anilines is 1. The molecule has 0 bridgehead atoms. The van der Waals surface area contributed by atoms with Crippen LogP contribution >= 0.6 is 0 Å². The number of nitrogens with zero attached hydrogens (tertiary/aromatic N) is 1. The normalized spacial score (nSPS) is 16.7. The number of rotatable bonds is 9. The van der Waals surface area contributed by atoms with Gasteiger partial charge in [-0.25, -0.2) is 9.59 Å². The fourth-order valence-electron chi connectivity index (χ4n) is 5.90. The number of carboxylic acids is 2. The molecular formula is C38H36N2O10. The second-order valence-corrected chi connectivity index (χ2v) is 11.7. The van der Waals surface area contributed by atoms with E-state index >= 15 is 0 Å². The van der Waals surface area contributed by atoms with Gasteiger partial charge in [-0.05, 0) is 54.3 Å². The summed E-state index contributed by atoms with van der Waals surface area (Å²) in [4.78, 5) is 73.7. The number of benzene rings is 4. The minimum absolute atomic E-state index is 0.0239. The zero-order chi connectivity index (χ0) is 36.7. The number of fused-ring (bicyclic) bond motifs is 1. The van der Waals surface area contributed by atoms with Crippen LogP contribution in [-0.2, 0) is 19.1 Å². The van der Waals surface area contributed by atoms with Crippen LogP contribution in [0.3, 0.4) is 0 Å². The molecule has 12 nitrogen and oxygen atoms in total. The summed E-state index contributed by atoms with van der Waals surface area (Å²) >= 11 is 0. The number of Topliss-reactive ketones (excluding diaryl/α,β-unsaturated/α-hetero) is 2. The highest BCUT2D eigenvalue weighted by molar-refractivity contribution is 6.23. The predicted molar refractivity (Wildman–Crippen MR) is 183 cm³/mol. The van der Waals surface area contributed by atoms with Gasteiger partial charge in [-0.2, -0.15) is 0 Å². The number of aliphatic carboxylic acids is 2. The Kier molecular flexibility index (Phi) is 11.4. The second-order valence-electron chi connectivity index (χ2n) is 11.7. The minimum Gasteiger partial charge on any atom is -0.481 e. The largest absolute Gasteiger partial charge is 0.481 e. The van der Waals surface area contributed by atoms with Gasteiger partial charge in [0.05, 0.1) is 12.7 Å². The summed E-state index contributed by atoms with van der Waals surface area (Å²) < 4.78 is 4.72. The molecule has 2 unspecified atom stereocenters. The van der Waals surface area contributed by atoms with Gasteiger partial charge in [-0.3, -0.25) is 19.2 Å². The van der Waals surface area contributed by atoms with Crippen LogP contribution < -0.4 is 10.6 Å². The van der Waals surface area contributed by atoms with Gasteiger partial charge < -0.3 is 30.7 Å². The number of carbonyl (C=O) groups excluding carboxylic acids is 4. The van der Waals surface area contributed by atoms with E-state index in [1.54, 1.807) is 31.2 Å². The molecule has 12 heteroatoms. The van der Waals surface area contributed by atoms with Crippen molar-refractivity contribution >= 4 is 41.1 Å². The highest BCUT2D eigenvalue weighted by Crippen LogP contribution is 2.38. The first kappa shape index (κ1) is 36.8. The van der Waals surface area contributed by atoms with E-state index in [1.165, 1.54) is 55.6 Å². The molecule has 0 spiro atoms. The van der Waals surface area contributed by atoms with Gasteiger partial charge in [-0.1, -0.05) is 78.9 Å². The number of nitrogens with two attached hydrogens (primary N) is 1. The molecule has 50 heavy (non-hydrogen) atoms. The van der Waals surface area contributed by atoms with Crippen molar-refractivity contribution in [1.29, 1.82) is 0 Å². The number of esters is 1. The number of hydrogen-bond acceptors (Lipinski definition) is 9.